The van der Waals surface area contributed by atoms with Gasteiger partial charge in [0.1, 0.15) is 0 Å². The number of alkyl halides is 1. The maximum atomic E-state index is 5.56. The minimum atomic E-state index is 0.570. The molecule has 1 nitrogen and oxygen atoms in total. The zero-order chi connectivity index (χ0) is 7.40. The fraction of sp³-hybridized carbons (Fsp3) is 1.00. The molecule has 1 rings (SSSR count). The Balaban J connectivity index is 2.18. The lowest BCUT2D eigenvalue weighted by Gasteiger charge is -2.15. The molecule has 0 saturated carbocycles. The lowest BCUT2D eigenvalue weighted by molar-refractivity contribution is 0.110. The predicted octanol–water partition coefficient (Wildman–Crippen LogP) is 2.77. The molecule has 10 heavy (non-hydrogen) atoms. The summed E-state index contributed by atoms with van der Waals surface area (Å²) in [6, 6.07) is 0. The van der Waals surface area contributed by atoms with Gasteiger partial charge in [0.15, 0.2) is 0 Å². The molecule has 0 spiro atoms. The Morgan fingerprint density at radius 1 is 1.70 bits per heavy atom. The average molecular weight is 254 g/mol. The van der Waals surface area contributed by atoms with Crippen LogP contribution in [0.3, 0.4) is 0 Å². The van der Waals surface area contributed by atoms with Crippen molar-refractivity contribution in [3.8, 4) is 0 Å². The van der Waals surface area contributed by atoms with Crippen molar-refractivity contribution in [2.45, 2.75) is 42.6 Å². The van der Waals surface area contributed by atoms with Crippen LogP contribution in [0.1, 0.15) is 32.6 Å². The van der Waals surface area contributed by atoms with E-state index in [4.69, 9.17) is 4.74 Å². The number of hydrogen-bond acceptors (Lipinski definition) is 1. The summed E-state index contributed by atoms with van der Waals surface area (Å²) in [7, 11) is 0. The Labute approximate surface area is 76.7 Å². The number of hydrogen-bond donors (Lipinski definition) is 0. The van der Waals surface area contributed by atoms with Crippen molar-refractivity contribution in [1.82, 2.24) is 0 Å². The standard InChI is InChI=1S/C8H15IO/c1-2-4-7(9)8-5-3-6-10-8/h7-8H,2-6H2,1H3. The third-order valence-electron chi connectivity index (χ3n) is 1.93. The smallest absolute Gasteiger partial charge is 0.0693 e. The van der Waals surface area contributed by atoms with Crippen molar-refractivity contribution in [1.29, 1.82) is 0 Å². The largest absolute Gasteiger partial charge is 0.377 e. The second-order valence-electron chi connectivity index (χ2n) is 2.86. The summed E-state index contributed by atoms with van der Waals surface area (Å²) in [6.45, 7) is 3.23. The molecule has 2 atom stereocenters. The van der Waals surface area contributed by atoms with Gasteiger partial charge in [0, 0.05) is 10.5 Å². The maximum Gasteiger partial charge on any atom is 0.0693 e. The molecule has 0 amide bonds. The van der Waals surface area contributed by atoms with Gasteiger partial charge in [-0.3, -0.25) is 0 Å². The molecule has 1 saturated heterocycles. The second kappa shape index (κ2) is 4.54. The van der Waals surface area contributed by atoms with E-state index in [1.807, 2.05) is 0 Å². The van der Waals surface area contributed by atoms with Gasteiger partial charge in [-0.2, -0.15) is 0 Å². The van der Waals surface area contributed by atoms with Crippen molar-refractivity contribution < 1.29 is 4.74 Å². The number of rotatable bonds is 3. The fourth-order valence-electron chi connectivity index (χ4n) is 1.35. The van der Waals surface area contributed by atoms with Crippen molar-refractivity contribution in [2.24, 2.45) is 0 Å². The Morgan fingerprint density at radius 3 is 3.00 bits per heavy atom. The molecule has 2 heteroatoms. The minimum absolute atomic E-state index is 0.570. The lowest BCUT2D eigenvalue weighted by Crippen LogP contribution is -2.18. The monoisotopic (exact) mass is 254 g/mol. The molecule has 0 aromatic heterocycles. The normalized spacial score (nSPS) is 28.8. The summed E-state index contributed by atoms with van der Waals surface area (Å²) in [5, 5.41) is 0. The highest BCUT2D eigenvalue weighted by Gasteiger charge is 2.22. The van der Waals surface area contributed by atoms with Crippen LogP contribution in [-0.4, -0.2) is 16.6 Å². The minimum Gasteiger partial charge on any atom is -0.377 e. The molecule has 0 radical (unpaired) electrons. The second-order valence-corrected chi connectivity index (χ2v) is 4.46. The van der Waals surface area contributed by atoms with Crippen LogP contribution in [0.5, 0.6) is 0 Å². The Hall–Kier alpha value is 0.690. The van der Waals surface area contributed by atoms with Gasteiger partial charge in [0.2, 0.25) is 0 Å². The van der Waals surface area contributed by atoms with Gasteiger partial charge in [-0.15, -0.1) is 0 Å². The highest BCUT2D eigenvalue weighted by atomic mass is 127. The first-order valence-corrected chi connectivity index (χ1v) is 5.35. The van der Waals surface area contributed by atoms with E-state index < -0.39 is 0 Å². The average Bonchev–Trinajstić information content (AvgIpc) is 2.38. The van der Waals surface area contributed by atoms with E-state index in [2.05, 4.69) is 29.5 Å². The first-order chi connectivity index (χ1) is 4.84. The summed E-state index contributed by atoms with van der Waals surface area (Å²) in [4.78, 5) is 0. The van der Waals surface area contributed by atoms with Gasteiger partial charge < -0.3 is 4.74 Å². The van der Waals surface area contributed by atoms with E-state index in [9.17, 15) is 0 Å². The molecule has 0 aromatic carbocycles. The van der Waals surface area contributed by atoms with Crippen LogP contribution in [-0.2, 0) is 4.74 Å². The van der Waals surface area contributed by atoms with Gasteiger partial charge in [0.05, 0.1) is 6.10 Å². The molecule has 0 bridgehead atoms. The SMILES string of the molecule is CCCC(I)C1CCCO1. The van der Waals surface area contributed by atoms with Gasteiger partial charge in [0.25, 0.3) is 0 Å². The quantitative estimate of drug-likeness (QED) is 0.555. The van der Waals surface area contributed by atoms with Crippen LogP contribution >= 0.6 is 22.6 Å². The molecule has 1 fully saturated rings. The summed E-state index contributed by atoms with van der Waals surface area (Å²) in [5.41, 5.74) is 0. The maximum absolute atomic E-state index is 5.56. The van der Waals surface area contributed by atoms with Gasteiger partial charge in [-0.25, -0.2) is 0 Å². The molecule has 0 aromatic rings. The zero-order valence-electron chi connectivity index (χ0n) is 6.48. The highest BCUT2D eigenvalue weighted by Crippen LogP contribution is 2.24. The molecule has 1 aliphatic rings. The van der Waals surface area contributed by atoms with E-state index in [0.29, 0.717) is 6.10 Å². The first-order valence-electron chi connectivity index (χ1n) is 4.10. The van der Waals surface area contributed by atoms with E-state index in [1.165, 1.54) is 25.7 Å². The van der Waals surface area contributed by atoms with Crippen molar-refractivity contribution in [3.05, 3.63) is 0 Å². The molecule has 0 aliphatic carbocycles. The molecule has 0 N–H and O–H groups in total. The van der Waals surface area contributed by atoms with Crippen LogP contribution in [0.25, 0.3) is 0 Å². The third kappa shape index (κ3) is 2.38. The van der Waals surface area contributed by atoms with Crippen LogP contribution in [0.2, 0.25) is 0 Å². The van der Waals surface area contributed by atoms with Crippen molar-refractivity contribution >= 4 is 22.6 Å². The van der Waals surface area contributed by atoms with Gasteiger partial charge in [-0.1, -0.05) is 35.9 Å². The van der Waals surface area contributed by atoms with Gasteiger partial charge in [-0.05, 0) is 19.3 Å². The lowest BCUT2D eigenvalue weighted by atomic mass is 10.1. The molecule has 60 valence electrons. The molecule has 1 aliphatic heterocycles. The van der Waals surface area contributed by atoms with E-state index in [1.54, 1.807) is 0 Å². The fourth-order valence-corrected chi connectivity index (χ4v) is 2.54. The summed E-state index contributed by atoms with van der Waals surface area (Å²) in [6.07, 6.45) is 5.72. The van der Waals surface area contributed by atoms with Crippen LogP contribution in [0.15, 0.2) is 0 Å². The molecular formula is C8H15IO. The van der Waals surface area contributed by atoms with Crippen LogP contribution in [0, 0.1) is 0 Å². The van der Waals surface area contributed by atoms with Crippen LogP contribution < -0.4 is 0 Å². The first kappa shape index (κ1) is 8.78. The number of ether oxygens (including phenoxy) is 1. The topological polar surface area (TPSA) is 9.23 Å². The number of halogens is 1. The molecular weight excluding hydrogens is 239 g/mol. The third-order valence-corrected chi connectivity index (χ3v) is 3.36. The summed E-state index contributed by atoms with van der Waals surface area (Å²) in [5.74, 6) is 0. The van der Waals surface area contributed by atoms with Gasteiger partial charge >= 0.3 is 0 Å². The Kier molecular flexibility index (Phi) is 3.99. The summed E-state index contributed by atoms with van der Waals surface area (Å²) >= 11 is 2.52. The predicted molar refractivity (Wildman–Crippen MR) is 51.7 cm³/mol. The van der Waals surface area contributed by atoms with Crippen LogP contribution in [0.4, 0.5) is 0 Å². The molecule has 1 heterocycles. The Morgan fingerprint density at radius 2 is 2.50 bits per heavy atom. The van der Waals surface area contributed by atoms with E-state index in [0.717, 1.165) is 10.5 Å². The van der Waals surface area contributed by atoms with Crippen molar-refractivity contribution in [2.75, 3.05) is 6.61 Å². The van der Waals surface area contributed by atoms with E-state index >= 15 is 0 Å². The molecule has 2 unspecified atom stereocenters. The summed E-state index contributed by atoms with van der Waals surface area (Å²) < 4.78 is 6.31. The zero-order valence-corrected chi connectivity index (χ0v) is 8.63. The highest BCUT2D eigenvalue weighted by molar-refractivity contribution is 14.1. The Bertz CT molecular complexity index is 89.3. The van der Waals surface area contributed by atoms with E-state index in [-0.39, 0.29) is 0 Å². The van der Waals surface area contributed by atoms with Crippen molar-refractivity contribution in [3.63, 3.8) is 0 Å².